The molecule has 1 rings (SSSR count). The van der Waals surface area contributed by atoms with Gasteiger partial charge in [-0.2, -0.15) is 0 Å². The largest absolute Gasteiger partial charge is 0.454 e. The van der Waals surface area contributed by atoms with Crippen molar-refractivity contribution in [3.05, 3.63) is 34.3 Å². The molecule has 1 atom stereocenters. The fourth-order valence-corrected chi connectivity index (χ4v) is 1.96. The molecule has 136 valence electrons. The Balaban J connectivity index is 2.36. The van der Waals surface area contributed by atoms with Crippen molar-refractivity contribution in [1.82, 2.24) is 16.0 Å². The smallest absolute Gasteiger partial charge is 0.328 e. The summed E-state index contributed by atoms with van der Waals surface area (Å²) >= 11 is 3.26. The van der Waals surface area contributed by atoms with E-state index < -0.39 is 30.4 Å². The van der Waals surface area contributed by atoms with E-state index in [1.165, 1.54) is 6.92 Å². The molecule has 9 heteroatoms. The van der Waals surface area contributed by atoms with Crippen molar-refractivity contribution >= 4 is 39.6 Å². The van der Waals surface area contributed by atoms with Gasteiger partial charge in [-0.3, -0.25) is 14.4 Å². The summed E-state index contributed by atoms with van der Waals surface area (Å²) in [7, 11) is 0. The molecule has 0 bridgehead atoms. The Labute approximate surface area is 153 Å². The zero-order chi connectivity index (χ0) is 18.8. The molecule has 0 saturated heterocycles. The van der Waals surface area contributed by atoms with E-state index in [0.29, 0.717) is 12.1 Å². The molecule has 3 amide bonds. The molecule has 0 spiro atoms. The average molecular weight is 414 g/mol. The van der Waals surface area contributed by atoms with Gasteiger partial charge in [0.2, 0.25) is 5.91 Å². The molecule has 0 heterocycles. The Kier molecular flexibility index (Phi) is 8.62. The second-order valence-corrected chi connectivity index (χ2v) is 5.96. The highest BCUT2D eigenvalue weighted by molar-refractivity contribution is 9.10. The van der Waals surface area contributed by atoms with Crippen LogP contribution in [0.5, 0.6) is 0 Å². The number of ether oxygens (including phenoxy) is 1. The predicted molar refractivity (Wildman–Crippen MR) is 93.7 cm³/mol. The van der Waals surface area contributed by atoms with Crippen LogP contribution in [0.25, 0.3) is 0 Å². The third-order valence-corrected chi connectivity index (χ3v) is 3.50. The third kappa shape index (κ3) is 7.79. The number of rotatable bonds is 8. The van der Waals surface area contributed by atoms with Crippen molar-refractivity contribution < 1.29 is 23.9 Å². The van der Waals surface area contributed by atoms with Crippen molar-refractivity contribution in [2.45, 2.75) is 19.9 Å². The van der Waals surface area contributed by atoms with E-state index in [1.807, 2.05) is 0 Å². The summed E-state index contributed by atoms with van der Waals surface area (Å²) in [6, 6.07) is 5.69. The molecule has 8 nitrogen and oxygen atoms in total. The van der Waals surface area contributed by atoms with Crippen LogP contribution in [0.4, 0.5) is 0 Å². The van der Waals surface area contributed by atoms with Crippen molar-refractivity contribution in [3.63, 3.8) is 0 Å². The van der Waals surface area contributed by atoms with Gasteiger partial charge < -0.3 is 20.7 Å². The summed E-state index contributed by atoms with van der Waals surface area (Å²) in [6.45, 7) is 2.94. The van der Waals surface area contributed by atoms with Crippen LogP contribution >= 0.6 is 15.9 Å². The quantitative estimate of drug-likeness (QED) is 0.532. The number of carbonyl (C=O) groups excluding carboxylic acids is 4. The van der Waals surface area contributed by atoms with Crippen LogP contribution in [0.15, 0.2) is 28.7 Å². The van der Waals surface area contributed by atoms with Gasteiger partial charge in [0.05, 0.1) is 6.54 Å². The Bertz CT molecular complexity index is 633. The van der Waals surface area contributed by atoms with Gasteiger partial charge in [0, 0.05) is 16.6 Å². The number of carbonyl (C=O) groups is 4. The molecule has 0 unspecified atom stereocenters. The van der Waals surface area contributed by atoms with Crippen molar-refractivity contribution in [3.8, 4) is 0 Å². The van der Waals surface area contributed by atoms with Crippen LogP contribution in [0.3, 0.4) is 0 Å². The number of halogens is 1. The highest BCUT2D eigenvalue weighted by Crippen LogP contribution is 2.10. The van der Waals surface area contributed by atoms with Gasteiger partial charge in [0.1, 0.15) is 6.04 Å². The van der Waals surface area contributed by atoms with E-state index >= 15 is 0 Å². The van der Waals surface area contributed by atoms with E-state index in [4.69, 9.17) is 4.74 Å². The van der Waals surface area contributed by atoms with E-state index in [1.54, 1.807) is 31.2 Å². The van der Waals surface area contributed by atoms with Gasteiger partial charge in [0.15, 0.2) is 6.61 Å². The van der Waals surface area contributed by atoms with Gasteiger partial charge in [-0.1, -0.05) is 15.9 Å². The first-order chi connectivity index (χ1) is 11.8. The number of hydrogen-bond donors (Lipinski definition) is 3. The molecule has 25 heavy (non-hydrogen) atoms. The number of likely N-dealkylation sites (N-methyl/N-ethyl adjacent to an activating group) is 1. The van der Waals surface area contributed by atoms with Gasteiger partial charge >= 0.3 is 5.97 Å². The Morgan fingerprint density at radius 3 is 2.32 bits per heavy atom. The average Bonchev–Trinajstić information content (AvgIpc) is 2.58. The van der Waals surface area contributed by atoms with Crippen LogP contribution in [-0.4, -0.2) is 49.4 Å². The van der Waals surface area contributed by atoms with E-state index in [9.17, 15) is 19.2 Å². The minimum absolute atomic E-state index is 0.194. The van der Waals surface area contributed by atoms with Crippen molar-refractivity contribution in [1.29, 1.82) is 0 Å². The molecule has 0 aliphatic carbocycles. The second kappa shape index (κ2) is 10.4. The van der Waals surface area contributed by atoms with Gasteiger partial charge in [-0.15, -0.1) is 0 Å². The molecule has 0 aromatic heterocycles. The molecule has 0 saturated carbocycles. The van der Waals surface area contributed by atoms with Crippen molar-refractivity contribution in [2.75, 3.05) is 19.7 Å². The summed E-state index contributed by atoms with van der Waals surface area (Å²) in [5.74, 6) is -2.13. The van der Waals surface area contributed by atoms with Crippen LogP contribution in [0.2, 0.25) is 0 Å². The maximum atomic E-state index is 12.0. The molecule has 0 aliphatic rings. The van der Waals surface area contributed by atoms with Crippen LogP contribution in [0, 0.1) is 0 Å². The maximum Gasteiger partial charge on any atom is 0.328 e. The highest BCUT2D eigenvalue weighted by atomic mass is 79.9. The molecule has 3 N–H and O–H groups in total. The lowest BCUT2D eigenvalue weighted by Gasteiger charge is -2.13. The minimum Gasteiger partial charge on any atom is -0.454 e. The van der Waals surface area contributed by atoms with Crippen LogP contribution < -0.4 is 16.0 Å². The standard InChI is InChI=1S/C16H20BrN3O5/c1-3-18-13(21)8-19-14(22)9-25-16(24)10(2)20-15(23)11-4-6-12(17)7-5-11/h4-7,10H,3,8-9H2,1-2H3,(H,18,21)(H,19,22)(H,20,23)/t10-/m0/s1. The van der Waals surface area contributed by atoms with E-state index in [0.717, 1.165) is 4.47 Å². The van der Waals surface area contributed by atoms with Gasteiger partial charge in [-0.05, 0) is 38.1 Å². The minimum atomic E-state index is -0.924. The number of esters is 1. The summed E-state index contributed by atoms with van der Waals surface area (Å²) in [5.41, 5.74) is 0.391. The fourth-order valence-electron chi connectivity index (χ4n) is 1.69. The Morgan fingerprint density at radius 2 is 1.72 bits per heavy atom. The van der Waals surface area contributed by atoms with E-state index in [2.05, 4.69) is 31.9 Å². The number of hydrogen-bond acceptors (Lipinski definition) is 5. The molecular weight excluding hydrogens is 394 g/mol. The van der Waals surface area contributed by atoms with Gasteiger partial charge in [0.25, 0.3) is 11.8 Å². The van der Waals surface area contributed by atoms with Crippen LogP contribution in [0.1, 0.15) is 24.2 Å². The fraction of sp³-hybridized carbons (Fsp3) is 0.375. The topological polar surface area (TPSA) is 114 Å². The lowest BCUT2D eigenvalue weighted by Crippen LogP contribution is -2.42. The second-order valence-electron chi connectivity index (χ2n) is 5.04. The molecule has 0 aliphatic heterocycles. The first kappa shape index (κ1) is 20.6. The Hall–Kier alpha value is -2.42. The zero-order valence-corrected chi connectivity index (χ0v) is 15.5. The molecule has 0 radical (unpaired) electrons. The summed E-state index contributed by atoms with van der Waals surface area (Å²) in [4.78, 5) is 46.5. The SMILES string of the molecule is CCNC(=O)CNC(=O)COC(=O)[C@H](C)NC(=O)c1ccc(Br)cc1. The molecule has 0 fully saturated rings. The summed E-state index contributed by atoms with van der Waals surface area (Å²) in [5, 5.41) is 7.31. The summed E-state index contributed by atoms with van der Waals surface area (Å²) in [6.07, 6.45) is 0. The lowest BCUT2D eigenvalue weighted by atomic mass is 10.2. The van der Waals surface area contributed by atoms with Crippen molar-refractivity contribution in [2.24, 2.45) is 0 Å². The maximum absolute atomic E-state index is 12.0. The number of nitrogens with one attached hydrogen (secondary N) is 3. The van der Waals surface area contributed by atoms with Crippen LogP contribution in [-0.2, 0) is 19.1 Å². The number of benzene rings is 1. The normalized spacial score (nSPS) is 11.2. The zero-order valence-electron chi connectivity index (χ0n) is 13.9. The van der Waals surface area contributed by atoms with E-state index in [-0.39, 0.29) is 12.5 Å². The first-order valence-corrected chi connectivity index (χ1v) is 8.39. The number of amides is 3. The predicted octanol–water partition coefficient (Wildman–Crippen LogP) is 0.363. The molecule has 1 aromatic carbocycles. The Morgan fingerprint density at radius 1 is 1.08 bits per heavy atom. The van der Waals surface area contributed by atoms with Gasteiger partial charge in [-0.25, -0.2) is 4.79 Å². The molecular formula is C16H20BrN3O5. The summed E-state index contributed by atoms with van der Waals surface area (Å²) < 4.78 is 5.64. The third-order valence-electron chi connectivity index (χ3n) is 2.97. The monoisotopic (exact) mass is 413 g/mol. The lowest BCUT2D eigenvalue weighted by molar-refractivity contribution is -0.150. The molecule has 1 aromatic rings. The first-order valence-electron chi connectivity index (χ1n) is 7.60. The highest BCUT2D eigenvalue weighted by Gasteiger charge is 2.19.